The van der Waals surface area contributed by atoms with Gasteiger partial charge in [0.1, 0.15) is 0 Å². The van der Waals surface area contributed by atoms with Crippen LogP contribution >= 0.6 is 15.9 Å². The summed E-state index contributed by atoms with van der Waals surface area (Å²) in [6.07, 6.45) is 8.58. The molecule has 0 spiro atoms. The molecule has 0 aliphatic heterocycles. The van der Waals surface area contributed by atoms with Crippen LogP contribution in [0.4, 0.5) is 0 Å². The van der Waals surface area contributed by atoms with Crippen LogP contribution < -0.4 is 9.47 Å². The van der Waals surface area contributed by atoms with E-state index >= 15 is 0 Å². The highest BCUT2D eigenvalue weighted by atomic mass is 79.9. The molecule has 0 amide bonds. The van der Waals surface area contributed by atoms with E-state index in [2.05, 4.69) is 64.3 Å². The maximum Gasteiger partial charge on any atom is 0.161 e. The molecular weight excluding hydrogens is 426 g/mol. The average molecular weight is 460 g/mol. The van der Waals surface area contributed by atoms with Crippen LogP contribution in [0, 0.1) is 5.92 Å². The number of nitrogens with zero attached hydrogens (tertiary/aromatic N) is 1. The fourth-order valence-corrected chi connectivity index (χ4v) is 4.64. The van der Waals surface area contributed by atoms with Crippen molar-refractivity contribution in [2.75, 3.05) is 34.4 Å². The molecule has 4 heteroatoms. The van der Waals surface area contributed by atoms with Gasteiger partial charge in [-0.25, -0.2) is 0 Å². The van der Waals surface area contributed by atoms with Gasteiger partial charge in [0, 0.05) is 4.47 Å². The highest BCUT2D eigenvalue weighted by Crippen LogP contribution is 2.36. The molecule has 0 saturated heterocycles. The van der Waals surface area contributed by atoms with Gasteiger partial charge in [-0.05, 0) is 112 Å². The van der Waals surface area contributed by atoms with Crippen molar-refractivity contribution >= 4 is 15.9 Å². The normalized spacial score (nSPS) is 16.0. The molecule has 0 fully saturated rings. The Bertz CT molecular complexity index is 775. The van der Waals surface area contributed by atoms with E-state index in [9.17, 15) is 0 Å². The van der Waals surface area contributed by atoms with Crippen LogP contribution in [0.2, 0.25) is 0 Å². The zero-order valence-electron chi connectivity index (χ0n) is 18.0. The third kappa shape index (κ3) is 6.48. The minimum absolute atomic E-state index is 0.789. The van der Waals surface area contributed by atoms with Crippen molar-refractivity contribution < 1.29 is 9.47 Å². The highest BCUT2D eigenvalue weighted by Gasteiger charge is 2.21. The van der Waals surface area contributed by atoms with Crippen molar-refractivity contribution in [3.63, 3.8) is 0 Å². The fraction of sp³-hybridized carbons (Fsp3) is 0.520. The first-order chi connectivity index (χ1) is 14.1. The number of rotatable bonds is 10. The van der Waals surface area contributed by atoms with Crippen LogP contribution in [0.15, 0.2) is 40.9 Å². The van der Waals surface area contributed by atoms with Crippen LogP contribution in [0.5, 0.6) is 11.5 Å². The minimum atomic E-state index is 0.789. The summed E-state index contributed by atoms with van der Waals surface area (Å²) >= 11 is 3.50. The van der Waals surface area contributed by atoms with Crippen molar-refractivity contribution in [2.24, 2.45) is 5.92 Å². The number of halogens is 1. The number of hydrogen-bond donors (Lipinski definition) is 0. The molecule has 2 aromatic carbocycles. The second-order valence-corrected chi connectivity index (χ2v) is 9.18. The third-order valence-electron chi connectivity index (χ3n) is 6.11. The Kier molecular flexibility index (Phi) is 8.43. The molecule has 1 unspecified atom stereocenters. The van der Waals surface area contributed by atoms with E-state index in [-0.39, 0.29) is 0 Å². The van der Waals surface area contributed by atoms with E-state index < -0.39 is 0 Å². The first-order valence-corrected chi connectivity index (χ1v) is 11.5. The predicted octanol–water partition coefficient (Wildman–Crippen LogP) is 5.92. The molecule has 3 nitrogen and oxygen atoms in total. The Labute approximate surface area is 184 Å². The molecule has 1 aliphatic carbocycles. The Hall–Kier alpha value is -1.52. The van der Waals surface area contributed by atoms with Gasteiger partial charge >= 0.3 is 0 Å². The number of benzene rings is 2. The zero-order chi connectivity index (χ0) is 20.6. The molecule has 1 atom stereocenters. The van der Waals surface area contributed by atoms with Crippen molar-refractivity contribution in [1.29, 1.82) is 0 Å². The summed E-state index contributed by atoms with van der Waals surface area (Å²) in [6, 6.07) is 13.1. The van der Waals surface area contributed by atoms with Gasteiger partial charge in [0.25, 0.3) is 0 Å². The van der Waals surface area contributed by atoms with Crippen molar-refractivity contribution in [2.45, 2.75) is 44.9 Å². The second-order valence-electron chi connectivity index (χ2n) is 8.26. The SMILES string of the molecule is COc1cc2c(cc1OC)CC(CCCN(C)CCCc1ccc(Br)cc1)CC2. The van der Waals surface area contributed by atoms with Crippen LogP contribution in [-0.2, 0) is 19.3 Å². The van der Waals surface area contributed by atoms with Gasteiger partial charge in [-0.3, -0.25) is 0 Å². The summed E-state index contributed by atoms with van der Waals surface area (Å²) in [5, 5.41) is 0. The first kappa shape index (κ1) is 22.2. The van der Waals surface area contributed by atoms with Crippen molar-refractivity contribution in [3.8, 4) is 11.5 Å². The van der Waals surface area contributed by atoms with E-state index in [4.69, 9.17) is 9.47 Å². The summed E-state index contributed by atoms with van der Waals surface area (Å²) in [5.41, 5.74) is 4.31. The van der Waals surface area contributed by atoms with E-state index in [0.717, 1.165) is 34.7 Å². The maximum atomic E-state index is 5.49. The smallest absolute Gasteiger partial charge is 0.161 e. The molecule has 158 valence electrons. The standard InChI is InChI=1S/C25H34BrNO2/c1-27(14-4-6-19-9-12-23(26)13-10-19)15-5-7-20-8-11-21-17-24(28-2)25(29-3)18-22(21)16-20/h9-10,12-13,17-18,20H,4-8,11,14-16H2,1-3H3. The molecule has 0 heterocycles. The lowest BCUT2D eigenvalue weighted by Gasteiger charge is -2.26. The van der Waals surface area contributed by atoms with E-state index in [1.54, 1.807) is 14.2 Å². The molecule has 29 heavy (non-hydrogen) atoms. The van der Waals surface area contributed by atoms with Crippen LogP contribution in [0.25, 0.3) is 0 Å². The van der Waals surface area contributed by atoms with Gasteiger partial charge < -0.3 is 14.4 Å². The van der Waals surface area contributed by atoms with Crippen LogP contribution in [0.1, 0.15) is 42.4 Å². The molecule has 0 N–H and O–H groups in total. The summed E-state index contributed by atoms with van der Waals surface area (Å²) in [7, 11) is 5.69. The van der Waals surface area contributed by atoms with Crippen LogP contribution in [0.3, 0.4) is 0 Å². The van der Waals surface area contributed by atoms with Gasteiger partial charge in [-0.2, -0.15) is 0 Å². The van der Waals surface area contributed by atoms with E-state index in [1.165, 1.54) is 61.9 Å². The summed E-state index contributed by atoms with van der Waals surface area (Å²) in [6.45, 7) is 2.36. The number of hydrogen-bond acceptors (Lipinski definition) is 3. The monoisotopic (exact) mass is 459 g/mol. The van der Waals surface area contributed by atoms with Gasteiger partial charge in [-0.1, -0.05) is 28.1 Å². The molecule has 0 radical (unpaired) electrons. The van der Waals surface area contributed by atoms with Gasteiger partial charge in [-0.15, -0.1) is 0 Å². The van der Waals surface area contributed by atoms with Gasteiger partial charge in [0.05, 0.1) is 14.2 Å². The van der Waals surface area contributed by atoms with Gasteiger partial charge in [0.2, 0.25) is 0 Å². The van der Waals surface area contributed by atoms with E-state index in [1.807, 2.05) is 0 Å². The Morgan fingerprint density at radius 3 is 2.31 bits per heavy atom. The van der Waals surface area contributed by atoms with Crippen molar-refractivity contribution in [3.05, 3.63) is 57.6 Å². The average Bonchev–Trinajstić information content (AvgIpc) is 2.74. The Balaban J connectivity index is 1.38. The fourth-order valence-electron chi connectivity index (χ4n) is 4.37. The number of fused-ring (bicyclic) bond motifs is 1. The topological polar surface area (TPSA) is 21.7 Å². The number of methoxy groups -OCH3 is 2. The predicted molar refractivity (Wildman–Crippen MR) is 124 cm³/mol. The summed E-state index contributed by atoms with van der Waals surface area (Å²) in [5.74, 6) is 2.50. The minimum Gasteiger partial charge on any atom is -0.493 e. The molecule has 0 saturated carbocycles. The largest absolute Gasteiger partial charge is 0.493 e. The highest BCUT2D eigenvalue weighted by molar-refractivity contribution is 9.10. The molecule has 0 bridgehead atoms. The lowest BCUT2D eigenvalue weighted by Crippen LogP contribution is -2.23. The quantitative estimate of drug-likeness (QED) is 0.440. The lowest BCUT2D eigenvalue weighted by molar-refractivity contribution is 0.301. The number of aryl methyl sites for hydroxylation is 2. The molecule has 3 rings (SSSR count). The third-order valence-corrected chi connectivity index (χ3v) is 6.64. The number of ether oxygens (including phenoxy) is 2. The Morgan fingerprint density at radius 1 is 0.966 bits per heavy atom. The van der Waals surface area contributed by atoms with Gasteiger partial charge in [0.15, 0.2) is 11.5 Å². The zero-order valence-corrected chi connectivity index (χ0v) is 19.6. The first-order valence-electron chi connectivity index (χ1n) is 10.8. The van der Waals surface area contributed by atoms with E-state index in [0.29, 0.717) is 0 Å². The molecular formula is C25H34BrNO2. The summed E-state index contributed by atoms with van der Waals surface area (Å²) in [4.78, 5) is 2.49. The maximum absolute atomic E-state index is 5.49. The van der Waals surface area contributed by atoms with Crippen molar-refractivity contribution in [1.82, 2.24) is 4.90 Å². The second kappa shape index (κ2) is 11.0. The summed E-state index contributed by atoms with van der Waals surface area (Å²) < 4.78 is 12.1. The Morgan fingerprint density at radius 2 is 1.62 bits per heavy atom. The molecule has 0 aromatic heterocycles. The lowest BCUT2D eigenvalue weighted by atomic mass is 9.81. The molecule has 1 aliphatic rings. The van der Waals surface area contributed by atoms with Crippen LogP contribution in [-0.4, -0.2) is 39.3 Å². The molecule has 2 aromatic rings.